The highest BCUT2D eigenvalue weighted by molar-refractivity contribution is 8.47. The molecule has 1 aromatic heterocycles. The normalized spacial score (nSPS) is 13.6. The van der Waals surface area contributed by atoms with E-state index in [1.807, 2.05) is 0 Å². The number of hydrogen-bond acceptors (Lipinski definition) is 1. The number of benzene rings is 2. The van der Waals surface area contributed by atoms with Crippen LogP contribution in [0.2, 0.25) is 0 Å². The van der Waals surface area contributed by atoms with Crippen LogP contribution in [-0.2, 0) is 0 Å². The zero-order valence-corrected chi connectivity index (χ0v) is 18.9. The molecule has 144 valence electrons. The molecule has 1 heterocycles. The Balaban J connectivity index is 2.23. The molecule has 2 aromatic carbocycles. The van der Waals surface area contributed by atoms with Crippen LogP contribution < -0.4 is 0 Å². The summed E-state index contributed by atoms with van der Waals surface area (Å²) in [6.45, 7) is 0. The van der Waals surface area contributed by atoms with Gasteiger partial charge >= 0.3 is 0 Å². The van der Waals surface area contributed by atoms with E-state index in [1.54, 1.807) is 0 Å². The van der Waals surface area contributed by atoms with Gasteiger partial charge in [-0.3, -0.25) is 4.98 Å². The van der Waals surface area contributed by atoms with Crippen molar-refractivity contribution in [3.05, 3.63) is 78.5 Å². The number of rotatable bonds is 5. The Labute approximate surface area is 167 Å². The molecule has 0 aliphatic carbocycles. The van der Waals surface area contributed by atoms with Crippen LogP contribution in [0.4, 0.5) is 0 Å². The van der Waals surface area contributed by atoms with E-state index in [0.717, 1.165) is 5.69 Å². The van der Waals surface area contributed by atoms with Gasteiger partial charge < -0.3 is 0 Å². The largest absolute Gasteiger partial charge is 0.250 e. The third-order valence-corrected chi connectivity index (χ3v) is 11.1. The molecule has 0 saturated carbocycles. The van der Waals surface area contributed by atoms with Crippen molar-refractivity contribution in [3.63, 3.8) is 0 Å². The zero-order chi connectivity index (χ0) is 19.7. The van der Waals surface area contributed by atoms with Crippen molar-refractivity contribution in [1.29, 1.82) is 0 Å². The molecule has 0 bridgehead atoms. The highest BCUT2D eigenvalue weighted by Gasteiger charge is 2.32. The van der Waals surface area contributed by atoms with Crippen LogP contribution in [0.15, 0.2) is 72.8 Å². The average Bonchev–Trinajstić information content (AvgIpc) is 2.61. The lowest BCUT2D eigenvalue weighted by Gasteiger charge is -2.47. The molecular weight excluding hydrogens is 366 g/mol. The summed E-state index contributed by atoms with van der Waals surface area (Å²) in [6.07, 6.45) is 14.5. The van der Waals surface area contributed by atoms with Gasteiger partial charge in [-0.05, 0) is 49.2 Å². The summed E-state index contributed by atoms with van der Waals surface area (Å²) >= 11 is 0. The number of pyridine rings is 1. The third-order valence-electron chi connectivity index (χ3n) is 4.57. The molecule has 0 aliphatic rings. The van der Waals surface area contributed by atoms with E-state index in [2.05, 4.69) is 110 Å². The van der Waals surface area contributed by atoms with Gasteiger partial charge in [-0.15, -0.1) is 0 Å². The Kier molecular flexibility index (Phi) is 5.73. The smallest absolute Gasteiger partial charge is 0.0784 e. The molecule has 0 spiro atoms. The Morgan fingerprint density at radius 1 is 0.593 bits per heavy atom. The van der Waals surface area contributed by atoms with Crippen LogP contribution in [-0.4, -0.2) is 42.5 Å². The molecule has 3 heteroatoms. The second-order valence-electron chi connectivity index (χ2n) is 8.56. The topological polar surface area (TPSA) is 12.9 Å². The van der Waals surface area contributed by atoms with Gasteiger partial charge in [-0.2, -0.15) is 0 Å². The van der Waals surface area contributed by atoms with Crippen LogP contribution in [0.5, 0.6) is 0 Å². The Hall–Kier alpha value is -1.71. The standard InChI is InChI=1S/C24H31NS2/c1-26(2,3)24(27(4,5)6)22-18-17-21(19-13-9-7-10-14-19)23(25-22)20-15-11-8-12-16-20/h7-18,24H,1-6H3. The minimum Gasteiger partial charge on any atom is -0.250 e. The minimum absolute atomic E-state index is 0.525. The first-order valence-corrected chi connectivity index (χ1v) is 15.0. The molecule has 0 atom stereocenters. The van der Waals surface area contributed by atoms with Gasteiger partial charge in [0, 0.05) is 11.1 Å². The van der Waals surface area contributed by atoms with Crippen molar-refractivity contribution in [1.82, 2.24) is 4.98 Å². The number of nitrogens with zero attached hydrogens (tertiary/aromatic N) is 1. The molecule has 0 saturated heterocycles. The fourth-order valence-electron chi connectivity index (χ4n) is 3.86. The summed E-state index contributed by atoms with van der Waals surface area (Å²) in [6, 6.07) is 25.8. The number of hydrogen-bond donors (Lipinski definition) is 0. The third kappa shape index (κ3) is 4.59. The van der Waals surface area contributed by atoms with E-state index in [9.17, 15) is 0 Å². The molecule has 1 nitrogen and oxygen atoms in total. The zero-order valence-electron chi connectivity index (χ0n) is 17.3. The van der Waals surface area contributed by atoms with Crippen molar-refractivity contribution in [2.24, 2.45) is 0 Å². The van der Waals surface area contributed by atoms with E-state index in [0.29, 0.717) is 4.58 Å². The van der Waals surface area contributed by atoms with Crippen LogP contribution in [0.25, 0.3) is 22.4 Å². The quantitative estimate of drug-likeness (QED) is 0.461. The highest BCUT2D eigenvalue weighted by Crippen LogP contribution is 2.68. The Bertz CT molecular complexity index is 877. The molecule has 27 heavy (non-hydrogen) atoms. The summed E-state index contributed by atoms with van der Waals surface area (Å²) in [5, 5.41) is 0. The maximum absolute atomic E-state index is 5.29. The van der Waals surface area contributed by atoms with Gasteiger partial charge in [0.1, 0.15) is 0 Å². The second-order valence-corrected chi connectivity index (χ2v) is 17.5. The predicted octanol–water partition coefficient (Wildman–Crippen LogP) is 6.80. The van der Waals surface area contributed by atoms with Gasteiger partial charge in [0.05, 0.1) is 16.0 Å². The molecule has 3 aromatic rings. The molecule has 0 unspecified atom stereocenters. The Morgan fingerprint density at radius 3 is 1.56 bits per heavy atom. The van der Waals surface area contributed by atoms with Gasteiger partial charge in [0.2, 0.25) is 0 Å². The SMILES string of the molecule is CS(C)(C)C(c1ccc(-c2ccccc2)c(-c2ccccc2)n1)S(C)(C)C. The maximum atomic E-state index is 5.29. The highest BCUT2D eigenvalue weighted by atomic mass is 32.3. The van der Waals surface area contributed by atoms with E-state index >= 15 is 0 Å². The summed E-state index contributed by atoms with van der Waals surface area (Å²) in [7, 11) is -1.56. The molecule has 0 aliphatic heterocycles. The predicted molar refractivity (Wildman–Crippen MR) is 129 cm³/mol. The van der Waals surface area contributed by atoms with E-state index < -0.39 is 20.1 Å². The average molecular weight is 398 g/mol. The molecular formula is C24H31NS2. The fraction of sp³-hybridized carbons (Fsp3) is 0.292. The molecule has 0 N–H and O–H groups in total. The first-order valence-electron chi connectivity index (χ1n) is 9.14. The van der Waals surface area contributed by atoms with E-state index in [-0.39, 0.29) is 0 Å². The first-order chi connectivity index (χ1) is 12.7. The number of aromatic nitrogens is 1. The van der Waals surface area contributed by atoms with Crippen molar-refractivity contribution < 1.29 is 0 Å². The summed E-state index contributed by atoms with van der Waals surface area (Å²) in [5.41, 5.74) is 5.95. The van der Waals surface area contributed by atoms with Gasteiger partial charge in [-0.1, -0.05) is 66.7 Å². The van der Waals surface area contributed by atoms with Crippen LogP contribution in [0, 0.1) is 0 Å². The first kappa shape index (κ1) is 20.0. The van der Waals surface area contributed by atoms with Crippen LogP contribution in [0.3, 0.4) is 0 Å². The van der Waals surface area contributed by atoms with E-state index in [4.69, 9.17) is 4.98 Å². The molecule has 0 radical (unpaired) electrons. The summed E-state index contributed by atoms with van der Waals surface area (Å²) in [5.74, 6) is 0. The maximum Gasteiger partial charge on any atom is 0.0784 e. The van der Waals surface area contributed by atoms with Crippen LogP contribution in [0.1, 0.15) is 10.3 Å². The lowest BCUT2D eigenvalue weighted by atomic mass is 9.99. The molecule has 0 fully saturated rings. The molecule has 3 rings (SSSR count). The van der Waals surface area contributed by atoms with Gasteiger partial charge in [0.25, 0.3) is 0 Å². The fourth-order valence-corrected chi connectivity index (χ4v) is 12.5. The summed E-state index contributed by atoms with van der Waals surface area (Å²) < 4.78 is 0.525. The monoisotopic (exact) mass is 397 g/mol. The lowest BCUT2D eigenvalue weighted by molar-refractivity contribution is 1.15. The van der Waals surface area contributed by atoms with Crippen molar-refractivity contribution >= 4 is 20.1 Å². The second kappa shape index (κ2) is 7.73. The van der Waals surface area contributed by atoms with Gasteiger partial charge in [0.15, 0.2) is 0 Å². The molecule has 0 amide bonds. The van der Waals surface area contributed by atoms with Crippen LogP contribution >= 0.6 is 20.1 Å². The van der Waals surface area contributed by atoms with Crippen molar-refractivity contribution in [2.45, 2.75) is 4.58 Å². The van der Waals surface area contributed by atoms with Crippen molar-refractivity contribution in [2.75, 3.05) is 37.5 Å². The van der Waals surface area contributed by atoms with Gasteiger partial charge in [-0.25, -0.2) is 20.1 Å². The summed E-state index contributed by atoms with van der Waals surface area (Å²) in [4.78, 5) is 5.29. The van der Waals surface area contributed by atoms with E-state index in [1.165, 1.54) is 22.4 Å². The van der Waals surface area contributed by atoms with Crippen molar-refractivity contribution in [3.8, 4) is 22.4 Å². The lowest BCUT2D eigenvalue weighted by Crippen LogP contribution is -2.16. The Morgan fingerprint density at radius 2 is 1.07 bits per heavy atom. The minimum atomic E-state index is -0.778.